The van der Waals surface area contributed by atoms with E-state index < -0.39 is 11.7 Å². The maximum atomic E-state index is 13.2. The number of pyridine rings is 1. The molecule has 0 radical (unpaired) electrons. The first kappa shape index (κ1) is 16.8. The molecule has 2 heterocycles. The summed E-state index contributed by atoms with van der Waals surface area (Å²) >= 11 is 5.70. The number of hydrogen-bond donors (Lipinski definition) is 2. The topological polar surface area (TPSA) is 79.8 Å². The summed E-state index contributed by atoms with van der Waals surface area (Å²) in [4.78, 5) is 24.2. The van der Waals surface area contributed by atoms with Crippen LogP contribution in [0.2, 0.25) is 5.02 Å². The highest BCUT2D eigenvalue weighted by Crippen LogP contribution is 2.20. The van der Waals surface area contributed by atoms with Crippen LogP contribution in [-0.4, -0.2) is 20.9 Å². The Morgan fingerprint density at radius 3 is 2.68 bits per heavy atom. The Kier molecular flexibility index (Phi) is 5.15. The van der Waals surface area contributed by atoms with Crippen LogP contribution in [0.1, 0.15) is 16.1 Å². The van der Waals surface area contributed by atoms with Crippen molar-refractivity contribution in [1.82, 2.24) is 15.0 Å². The minimum Gasteiger partial charge on any atom is -0.366 e. The number of nitrogens with zero attached hydrogens (tertiary/aromatic N) is 3. The van der Waals surface area contributed by atoms with Crippen molar-refractivity contribution in [2.75, 3.05) is 10.6 Å². The van der Waals surface area contributed by atoms with E-state index in [0.29, 0.717) is 18.1 Å². The number of carbonyl (C=O) groups excluding carboxylic acids is 1. The first-order valence-corrected chi connectivity index (χ1v) is 7.71. The number of aromatic nitrogens is 3. The number of halogens is 2. The van der Waals surface area contributed by atoms with Crippen molar-refractivity contribution in [1.29, 1.82) is 0 Å². The first-order chi connectivity index (χ1) is 12.1. The second-order valence-electron chi connectivity index (χ2n) is 5.08. The zero-order chi connectivity index (χ0) is 17.6. The van der Waals surface area contributed by atoms with Gasteiger partial charge in [0.05, 0.1) is 5.02 Å². The highest BCUT2D eigenvalue weighted by atomic mass is 35.5. The average molecular weight is 358 g/mol. The number of rotatable bonds is 5. The fourth-order valence-corrected chi connectivity index (χ4v) is 2.22. The predicted octanol–water partition coefficient (Wildman–Crippen LogP) is 3.53. The molecule has 0 spiro atoms. The Bertz CT molecular complexity index is 891. The lowest BCUT2D eigenvalue weighted by Gasteiger charge is -2.08. The molecule has 25 heavy (non-hydrogen) atoms. The predicted molar refractivity (Wildman–Crippen MR) is 93.0 cm³/mol. The molecule has 0 aliphatic rings. The second kappa shape index (κ2) is 7.67. The third-order valence-electron chi connectivity index (χ3n) is 3.30. The number of hydrogen-bond acceptors (Lipinski definition) is 5. The molecule has 0 aliphatic carbocycles. The highest BCUT2D eigenvalue weighted by molar-refractivity contribution is 6.31. The van der Waals surface area contributed by atoms with E-state index in [2.05, 4.69) is 25.6 Å². The van der Waals surface area contributed by atoms with E-state index in [1.165, 1.54) is 30.6 Å². The molecule has 0 unspecified atom stereocenters. The van der Waals surface area contributed by atoms with E-state index in [1.807, 2.05) is 12.1 Å². The third kappa shape index (κ3) is 4.48. The van der Waals surface area contributed by atoms with Gasteiger partial charge in [0, 0.05) is 30.7 Å². The van der Waals surface area contributed by atoms with Crippen LogP contribution in [0.4, 0.5) is 15.9 Å². The Hall–Kier alpha value is -3.06. The van der Waals surface area contributed by atoms with Crippen LogP contribution in [0.15, 0.2) is 55.1 Å². The van der Waals surface area contributed by atoms with E-state index in [1.54, 1.807) is 12.4 Å². The molecule has 3 aromatic rings. The van der Waals surface area contributed by atoms with Gasteiger partial charge in [-0.2, -0.15) is 0 Å². The van der Waals surface area contributed by atoms with Crippen LogP contribution < -0.4 is 10.6 Å². The van der Waals surface area contributed by atoms with Crippen LogP contribution in [0, 0.1) is 5.82 Å². The van der Waals surface area contributed by atoms with Crippen LogP contribution in [-0.2, 0) is 6.54 Å². The molecule has 1 aromatic carbocycles. The number of anilines is 2. The first-order valence-electron chi connectivity index (χ1n) is 7.33. The van der Waals surface area contributed by atoms with Gasteiger partial charge in [-0.25, -0.2) is 14.4 Å². The molecule has 0 saturated carbocycles. The molecule has 2 N–H and O–H groups in total. The van der Waals surface area contributed by atoms with Crippen molar-refractivity contribution in [2.45, 2.75) is 6.54 Å². The number of nitrogens with one attached hydrogen (secondary N) is 2. The SMILES string of the molecule is O=C(Nc1ccc(F)c(Cl)c1)c1cc(NCc2ccncc2)ncn1. The van der Waals surface area contributed by atoms with Gasteiger partial charge < -0.3 is 10.6 Å². The van der Waals surface area contributed by atoms with Gasteiger partial charge in [0.1, 0.15) is 23.7 Å². The third-order valence-corrected chi connectivity index (χ3v) is 3.59. The van der Waals surface area contributed by atoms with Crippen molar-refractivity contribution < 1.29 is 9.18 Å². The van der Waals surface area contributed by atoms with Gasteiger partial charge in [-0.05, 0) is 35.9 Å². The number of benzene rings is 1. The van der Waals surface area contributed by atoms with Gasteiger partial charge in [0.15, 0.2) is 0 Å². The fourth-order valence-electron chi connectivity index (χ4n) is 2.04. The Morgan fingerprint density at radius 2 is 1.92 bits per heavy atom. The normalized spacial score (nSPS) is 10.3. The molecule has 2 aromatic heterocycles. The van der Waals surface area contributed by atoms with Gasteiger partial charge in [-0.15, -0.1) is 0 Å². The summed E-state index contributed by atoms with van der Waals surface area (Å²) in [5, 5.41) is 5.65. The van der Waals surface area contributed by atoms with Gasteiger partial charge in [-0.1, -0.05) is 11.6 Å². The lowest BCUT2D eigenvalue weighted by Crippen LogP contribution is -2.14. The van der Waals surface area contributed by atoms with Crippen LogP contribution in [0.3, 0.4) is 0 Å². The molecule has 0 fully saturated rings. The van der Waals surface area contributed by atoms with Crippen LogP contribution in [0.5, 0.6) is 0 Å². The summed E-state index contributed by atoms with van der Waals surface area (Å²) in [5.41, 5.74) is 1.58. The standard InChI is InChI=1S/C17H13ClFN5O/c18-13-7-12(1-2-14(13)19)24-17(25)15-8-16(23-10-22-15)21-9-11-3-5-20-6-4-11/h1-8,10H,9H2,(H,24,25)(H,21,22,23). The Balaban J connectivity index is 1.67. The summed E-state index contributed by atoms with van der Waals surface area (Å²) in [5.74, 6) is -0.490. The van der Waals surface area contributed by atoms with E-state index in [9.17, 15) is 9.18 Å². The molecule has 126 valence electrons. The summed E-state index contributed by atoms with van der Waals surface area (Å²) < 4.78 is 13.2. The van der Waals surface area contributed by atoms with Crippen LogP contribution >= 0.6 is 11.6 Å². The van der Waals surface area contributed by atoms with Crippen molar-refractivity contribution in [3.05, 3.63) is 77.2 Å². The zero-order valence-electron chi connectivity index (χ0n) is 12.9. The lowest BCUT2D eigenvalue weighted by molar-refractivity contribution is 0.102. The van der Waals surface area contributed by atoms with Crippen molar-refractivity contribution in [3.63, 3.8) is 0 Å². The molecule has 8 heteroatoms. The second-order valence-corrected chi connectivity index (χ2v) is 5.49. The smallest absolute Gasteiger partial charge is 0.274 e. The quantitative estimate of drug-likeness (QED) is 0.730. The van der Waals surface area contributed by atoms with E-state index in [-0.39, 0.29) is 10.7 Å². The maximum Gasteiger partial charge on any atom is 0.274 e. The monoisotopic (exact) mass is 357 g/mol. The summed E-state index contributed by atoms with van der Waals surface area (Å²) in [6.45, 7) is 0.536. The molecule has 0 atom stereocenters. The van der Waals surface area contributed by atoms with Crippen molar-refractivity contribution in [3.8, 4) is 0 Å². The molecular formula is C17H13ClFN5O. The van der Waals surface area contributed by atoms with Crippen molar-refractivity contribution >= 4 is 29.0 Å². The van der Waals surface area contributed by atoms with E-state index in [0.717, 1.165) is 5.56 Å². The lowest BCUT2D eigenvalue weighted by atomic mass is 10.2. The number of carbonyl (C=O) groups is 1. The Morgan fingerprint density at radius 1 is 1.12 bits per heavy atom. The molecule has 0 bridgehead atoms. The summed E-state index contributed by atoms with van der Waals surface area (Å²) in [6.07, 6.45) is 4.69. The highest BCUT2D eigenvalue weighted by Gasteiger charge is 2.10. The molecule has 0 aliphatic heterocycles. The van der Waals surface area contributed by atoms with Gasteiger partial charge in [-0.3, -0.25) is 9.78 Å². The fraction of sp³-hybridized carbons (Fsp3) is 0.0588. The minimum absolute atomic E-state index is 0.0693. The minimum atomic E-state index is -0.552. The summed E-state index contributed by atoms with van der Waals surface area (Å²) in [7, 11) is 0. The van der Waals surface area contributed by atoms with E-state index in [4.69, 9.17) is 11.6 Å². The molecule has 3 rings (SSSR count). The molecular weight excluding hydrogens is 345 g/mol. The van der Waals surface area contributed by atoms with Crippen LogP contribution in [0.25, 0.3) is 0 Å². The van der Waals surface area contributed by atoms with Crippen molar-refractivity contribution in [2.24, 2.45) is 0 Å². The van der Waals surface area contributed by atoms with Gasteiger partial charge >= 0.3 is 0 Å². The summed E-state index contributed by atoms with van der Waals surface area (Å²) in [6, 6.07) is 9.21. The number of amides is 1. The largest absolute Gasteiger partial charge is 0.366 e. The van der Waals surface area contributed by atoms with Gasteiger partial charge in [0.25, 0.3) is 5.91 Å². The molecule has 6 nitrogen and oxygen atoms in total. The van der Waals surface area contributed by atoms with E-state index >= 15 is 0 Å². The van der Waals surface area contributed by atoms with Gasteiger partial charge in [0.2, 0.25) is 0 Å². The molecule has 1 amide bonds. The maximum absolute atomic E-state index is 13.2. The zero-order valence-corrected chi connectivity index (χ0v) is 13.7. The molecule has 0 saturated heterocycles. The average Bonchev–Trinajstić information content (AvgIpc) is 2.64. The Labute approximate surface area is 148 Å².